The summed E-state index contributed by atoms with van der Waals surface area (Å²) in [6, 6.07) is 29.4. The summed E-state index contributed by atoms with van der Waals surface area (Å²) in [5, 5.41) is 3.59. The Morgan fingerprint density at radius 2 is 1.19 bits per heavy atom. The molecule has 6 aromatic rings. The number of methoxy groups -OCH3 is 2. The quantitative estimate of drug-likeness (QED) is 0.0843. The lowest BCUT2D eigenvalue weighted by atomic mass is 10.1. The number of ether oxygens (including phenoxy) is 2. The zero-order chi connectivity index (χ0) is 43.0. The SMILES string of the molecule is Brc1ccc(Cn2cnc3ccccc32)cc1CNCCN1CCCC1.C.COC(=O)Cl.COC(=O)N(CCN1CCCC1)Cc1cc(Cn2cnc3ccccc32)ccc1Br. The lowest BCUT2D eigenvalue weighted by molar-refractivity contribution is 0.115. The number of carbonyl (C=O) groups is 2. The number of halogens is 3. The number of benzene rings is 4. The minimum atomic E-state index is -0.773. The van der Waals surface area contributed by atoms with Crippen molar-refractivity contribution in [2.75, 3.05) is 66.6 Å². The van der Waals surface area contributed by atoms with Crippen LogP contribution >= 0.6 is 43.5 Å². The summed E-state index contributed by atoms with van der Waals surface area (Å²) in [6.07, 6.45) is 8.73. The number of fused-ring (bicyclic) bond motifs is 2. The number of rotatable bonds is 14. The molecule has 0 unspecified atom stereocenters. The third-order valence-electron chi connectivity index (χ3n) is 10.9. The molecule has 2 saturated heterocycles. The van der Waals surface area contributed by atoms with E-state index in [0.29, 0.717) is 13.1 Å². The second-order valence-corrected chi connectivity index (χ2v) is 17.2. The number of likely N-dealkylation sites (tertiary alicyclic amines) is 2. The number of nitrogens with one attached hydrogen (secondary N) is 1. The number of aromatic nitrogens is 4. The van der Waals surface area contributed by atoms with Crippen LogP contribution in [0.25, 0.3) is 22.1 Å². The van der Waals surface area contributed by atoms with Gasteiger partial charge in [0.05, 0.1) is 55.5 Å². The van der Waals surface area contributed by atoms with Gasteiger partial charge in [-0.25, -0.2) is 19.6 Å². The molecule has 2 aliphatic heterocycles. The van der Waals surface area contributed by atoms with Crippen LogP contribution < -0.4 is 5.32 Å². The third kappa shape index (κ3) is 14.4. The summed E-state index contributed by atoms with van der Waals surface area (Å²) in [5.74, 6) is 0. The van der Waals surface area contributed by atoms with Gasteiger partial charge in [0.2, 0.25) is 0 Å². The highest BCUT2D eigenvalue weighted by Gasteiger charge is 2.19. The molecule has 0 aliphatic carbocycles. The van der Waals surface area contributed by atoms with E-state index in [1.807, 2.05) is 36.9 Å². The summed E-state index contributed by atoms with van der Waals surface area (Å²) in [5.41, 5.74) is 8.42. The first-order valence-corrected chi connectivity index (χ1v) is 22.7. The van der Waals surface area contributed by atoms with Crippen LogP contribution in [0.4, 0.5) is 9.59 Å². The molecule has 4 aromatic carbocycles. The number of hydrogen-bond acceptors (Lipinski definition) is 9. The normalized spacial score (nSPS) is 13.8. The molecule has 332 valence electrons. The summed E-state index contributed by atoms with van der Waals surface area (Å²) >= 11 is 12.0. The maximum Gasteiger partial charge on any atom is 0.409 e. The summed E-state index contributed by atoms with van der Waals surface area (Å²) in [6.45, 7) is 11.5. The van der Waals surface area contributed by atoms with Gasteiger partial charge >= 0.3 is 11.5 Å². The lowest BCUT2D eigenvalue weighted by Crippen LogP contribution is -2.37. The molecule has 12 nitrogen and oxygen atoms in total. The van der Waals surface area contributed by atoms with Gasteiger partial charge in [0.25, 0.3) is 0 Å². The van der Waals surface area contributed by atoms with Gasteiger partial charge in [-0.2, -0.15) is 0 Å². The Balaban J connectivity index is 0.000000210. The predicted molar refractivity (Wildman–Crippen MR) is 257 cm³/mol. The fourth-order valence-electron chi connectivity index (χ4n) is 7.68. The molecule has 0 radical (unpaired) electrons. The molecule has 0 bridgehead atoms. The molecule has 15 heteroatoms. The Labute approximate surface area is 387 Å². The summed E-state index contributed by atoms with van der Waals surface area (Å²) in [7, 11) is 2.66. The van der Waals surface area contributed by atoms with Gasteiger partial charge in [0, 0.05) is 66.4 Å². The number of imidazole rings is 2. The highest BCUT2D eigenvalue weighted by Crippen LogP contribution is 2.24. The van der Waals surface area contributed by atoms with Gasteiger partial charge in [-0.15, -0.1) is 0 Å². The van der Waals surface area contributed by atoms with Crippen molar-refractivity contribution in [2.24, 2.45) is 0 Å². The maximum absolute atomic E-state index is 12.4. The highest BCUT2D eigenvalue weighted by atomic mass is 79.9. The fourth-order valence-corrected chi connectivity index (χ4v) is 8.44. The topological polar surface area (TPSA) is 110 Å². The molecule has 1 N–H and O–H groups in total. The van der Waals surface area contributed by atoms with E-state index in [1.54, 1.807) is 4.90 Å². The van der Waals surface area contributed by atoms with Crippen LogP contribution in [0, 0.1) is 0 Å². The number of para-hydroxylation sites is 4. The van der Waals surface area contributed by atoms with Crippen LogP contribution in [0.1, 0.15) is 55.4 Å². The fraction of sp³-hybridized carbons (Fsp3) is 0.404. The van der Waals surface area contributed by atoms with Crippen molar-refractivity contribution in [3.05, 3.63) is 129 Å². The standard InChI is InChI=1S/C23H27BrN4O2.C21H25BrN4.C2H3ClO2.CH4/c1-30-23(29)27(13-12-26-10-4-5-11-26)16-19-14-18(8-9-20(19)24)15-28-17-25-21-6-2-3-7-22(21)28;22-19-8-7-17(15-26-16-24-20-5-1-2-6-21(20)26)13-18(19)14-23-9-12-25-10-3-4-11-25;1-5-2(3)4;/h2-3,6-9,14,17H,4-5,10-13,15-16H2,1H3;1-2,5-8,13,16,23H,3-4,9-12,14-15H2;1H3;1H4. The molecule has 1 amide bonds. The van der Waals surface area contributed by atoms with Gasteiger partial charge in [0.15, 0.2) is 0 Å². The summed E-state index contributed by atoms with van der Waals surface area (Å²) in [4.78, 5) is 37.4. The number of carbonyl (C=O) groups excluding carboxylic acids is 2. The van der Waals surface area contributed by atoms with Crippen molar-refractivity contribution in [1.29, 1.82) is 0 Å². The van der Waals surface area contributed by atoms with Crippen molar-refractivity contribution in [3.63, 3.8) is 0 Å². The molecule has 2 fully saturated rings. The molecule has 0 atom stereocenters. The first-order valence-electron chi connectivity index (χ1n) is 20.8. The minimum absolute atomic E-state index is 0. The largest absolute Gasteiger partial charge is 0.457 e. The molecule has 8 rings (SSSR count). The van der Waals surface area contributed by atoms with Gasteiger partial charge in [-0.05, 0) is 111 Å². The van der Waals surface area contributed by atoms with Crippen LogP contribution in [0.2, 0.25) is 0 Å². The van der Waals surface area contributed by atoms with E-state index in [-0.39, 0.29) is 13.5 Å². The monoisotopic (exact) mass is 992 g/mol. The van der Waals surface area contributed by atoms with Crippen LogP contribution in [0.3, 0.4) is 0 Å². The van der Waals surface area contributed by atoms with E-state index in [2.05, 4.69) is 143 Å². The summed E-state index contributed by atoms with van der Waals surface area (Å²) < 4.78 is 15.4. The van der Waals surface area contributed by atoms with Gasteiger partial charge in [-0.1, -0.05) is 87.8 Å². The Hall–Kier alpha value is -4.31. The zero-order valence-electron chi connectivity index (χ0n) is 34.9. The highest BCUT2D eigenvalue weighted by molar-refractivity contribution is 9.10. The first-order chi connectivity index (χ1) is 29.7. The van der Waals surface area contributed by atoms with E-state index in [9.17, 15) is 9.59 Å². The van der Waals surface area contributed by atoms with E-state index in [4.69, 9.17) is 4.74 Å². The Morgan fingerprint density at radius 1 is 0.710 bits per heavy atom. The Bertz CT molecular complexity index is 2330. The first kappa shape index (κ1) is 48.7. The van der Waals surface area contributed by atoms with E-state index in [1.165, 1.54) is 79.7 Å². The van der Waals surface area contributed by atoms with Crippen LogP contribution in [0.15, 0.2) is 107 Å². The lowest BCUT2D eigenvalue weighted by Gasteiger charge is -2.25. The smallest absolute Gasteiger partial charge is 0.409 e. The van der Waals surface area contributed by atoms with Gasteiger partial charge < -0.3 is 38.6 Å². The second-order valence-electron chi connectivity index (χ2n) is 15.2. The van der Waals surface area contributed by atoms with Crippen molar-refractivity contribution >= 4 is 77.0 Å². The molecule has 4 heterocycles. The van der Waals surface area contributed by atoms with Crippen LogP contribution in [-0.2, 0) is 35.7 Å². The Kier molecular flexibility index (Phi) is 19.7. The number of amides is 1. The molecule has 0 saturated carbocycles. The maximum atomic E-state index is 12.4. The van der Waals surface area contributed by atoms with Crippen molar-refractivity contribution in [1.82, 2.24) is 39.1 Å². The van der Waals surface area contributed by atoms with E-state index in [0.717, 1.165) is 78.9 Å². The minimum Gasteiger partial charge on any atom is -0.457 e. The average Bonchev–Trinajstić information content (AvgIpc) is 4.13. The molecular weight excluding hydrogens is 936 g/mol. The zero-order valence-corrected chi connectivity index (χ0v) is 38.9. The third-order valence-corrected chi connectivity index (χ3v) is 12.6. The number of hydrogen-bond donors (Lipinski definition) is 1. The van der Waals surface area contributed by atoms with Gasteiger partial charge in [-0.3, -0.25) is 0 Å². The average molecular weight is 995 g/mol. The molecule has 62 heavy (non-hydrogen) atoms. The molecule has 2 aliphatic rings. The second kappa shape index (κ2) is 25.1. The van der Waals surface area contributed by atoms with E-state index < -0.39 is 5.43 Å². The molecular formula is C47H59Br2ClN8O4. The van der Waals surface area contributed by atoms with E-state index >= 15 is 0 Å². The molecule has 2 aromatic heterocycles. The van der Waals surface area contributed by atoms with Crippen molar-refractivity contribution in [2.45, 2.75) is 59.3 Å². The van der Waals surface area contributed by atoms with Crippen molar-refractivity contribution in [3.8, 4) is 0 Å². The predicted octanol–water partition coefficient (Wildman–Crippen LogP) is 10.2. The molecule has 0 spiro atoms. The number of nitrogens with zero attached hydrogens (tertiary/aromatic N) is 7. The Morgan fingerprint density at radius 3 is 1.71 bits per heavy atom. The van der Waals surface area contributed by atoms with Gasteiger partial charge in [0.1, 0.15) is 0 Å². The van der Waals surface area contributed by atoms with Crippen LogP contribution in [-0.4, -0.2) is 112 Å². The van der Waals surface area contributed by atoms with Crippen LogP contribution in [0.5, 0.6) is 0 Å². The van der Waals surface area contributed by atoms with Crippen molar-refractivity contribution < 1.29 is 19.1 Å².